The molecule has 4 aromatic rings. The van der Waals surface area contributed by atoms with Crippen molar-refractivity contribution in [3.63, 3.8) is 0 Å². The molecule has 0 bridgehead atoms. The number of carbonyl (C=O) groups excluding carboxylic acids is 1. The average molecular weight is 497 g/mol. The molecule has 0 unspecified atom stereocenters. The van der Waals surface area contributed by atoms with E-state index in [1.807, 2.05) is 31.4 Å². The molecule has 1 amide bonds. The second-order valence-electron chi connectivity index (χ2n) is 10.9. The lowest BCUT2D eigenvalue weighted by Gasteiger charge is -2.43. The van der Waals surface area contributed by atoms with E-state index in [4.69, 9.17) is 14.8 Å². The highest BCUT2D eigenvalue weighted by atomic mass is 16.6. The lowest BCUT2D eigenvalue weighted by Crippen LogP contribution is -2.52. The third kappa shape index (κ3) is 4.85. The second-order valence-corrected chi connectivity index (χ2v) is 10.9. The van der Waals surface area contributed by atoms with Gasteiger partial charge in [0, 0.05) is 17.0 Å². The van der Waals surface area contributed by atoms with Crippen LogP contribution in [0.2, 0.25) is 0 Å². The summed E-state index contributed by atoms with van der Waals surface area (Å²) in [5.74, 6) is 0. The van der Waals surface area contributed by atoms with Crippen LogP contribution in [0.3, 0.4) is 0 Å². The van der Waals surface area contributed by atoms with Crippen molar-refractivity contribution in [2.75, 3.05) is 0 Å². The van der Waals surface area contributed by atoms with E-state index in [0.717, 1.165) is 77.1 Å². The molecule has 6 heteroatoms. The summed E-state index contributed by atoms with van der Waals surface area (Å²) >= 11 is 0. The minimum absolute atomic E-state index is 0.368. The highest BCUT2D eigenvalue weighted by molar-refractivity contribution is 5.90. The first-order chi connectivity index (χ1) is 17.7. The number of ether oxygens (including phenoxy) is 1. The summed E-state index contributed by atoms with van der Waals surface area (Å²) in [6.45, 7) is 9.95. The molecule has 5 rings (SSSR count). The van der Waals surface area contributed by atoms with Gasteiger partial charge in [0.2, 0.25) is 0 Å². The number of amides is 1. The number of nitrogens with one attached hydrogen (secondary N) is 1. The number of alkyl carbamates (subject to hydrolysis) is 1. The van der Waals surface area contributed by atoms with Crippen LogP contribution in [0.4, 0.5) is 4.79 Å². The van der Waals surface area contributed by atoms with Gasteiger partial charge < -0.3 is 10.1 Å². The molecule has 1 aliphatic carbocycles. The molecule has 192 valence electrons. The summed E-state index contributed by atoms with van der Waals surface area (Å²) in [5.41, 5.74) is 7.39. The van der Waals surface area contributed by atoms with E-state index in [1.165, 1.54) is 0 Å². The Hall–Kier alpha value is -3.67. The zero-order valence-corrected chi connectivity index (χ0v) is 22.5. The van der Waals surface area contributed by atoms with Gasteiger partial charge >= 0.3 is 6.09 Å². The number of benzene rings is 2. The van der Waals surface area contributed by atoms with Crippen LogP contribution in [0.5, 0.6) is 0 Å². The molecule has 0 saturated heterocycles. The Balaban J connectivity index is 1.57. The van der Waals surface area contributed by atoms with Crippen molar-refractivity contribution in [1.29, 1.82) is 0 Å². The van der Waals surface area contributed by atoms with Gasteiger partial charge in [-0.15, -0.1) is 0 Å². The Morgan fingerprint density at radius 1 is 1.00 bits per heavy atom. The standard InChI is InChI=1S/C31H36N4O2/c1-6-24-20-25(7-2)35-28(32-24)26(21-12-9-8-10-13-21)27(34-35)22-14-16-23(17-15-22)31(18-11-19-31)33-29(36)37-30(3,4)5/h8-10,12-17,20H,6-7,11,18-19H2,1-5H3,(H,33,36). The van der Waals surface area contributed by atoms with Gasteiger partial charge in [0.15, 0.2) is 5.65 Å². The van der Waals surface area contributed by atoms with Gasteiger partial charge in [0.25, 0.3) is 0 Å². The molecule has 1 saturated carbocycles. The molecule has 0 spiro atoms. The molecule has 2 aromatic carbocycles. The van der Waals surface area contributed by atoms with Gasteiger partial charge in [-0.1, -0.05) is 68.4 Å². The fourth-order valence-corrected chi connectivity index (χ4v) is 5.10. The molecule has 1 aliphatic rings. The molecule has 2 aromatic heterocycles. The van der Waals surface area contributed by atoms with Crippen molar-refractivity contribution in [2.45, 2.75) is 77.9 Å². The van der Waals surface area contributed by atoms with Gasteiger partial charge in [-0.3, -0.25) is 0 Å². The molecule has 0 atom stereocenters. The first kappa shape index (κ1) is 25.0. The average Bonchev–Trinajstić information content (AvgIpc) is 3.24. The molecule has 1 fully saturated rings. The molecular weight excluding hydrogens is 460 g/mol. The Labute approximate surface area is 219 Å². The zero-order chi connectivity index (χ0) is 26.2. The molecular formula is C31H36N4O2. The van der Waals surface area contributed by atoms with Crippen LogP contribution in [0.1, 0.15) is 70.8 Å². The second kappa shape index (κ2) is 9.66. The molecule has 37 heavy (non-hydrogen) atoms. The summed E-state index contributed by atoms with van der Waals surface area (Å²) in [5, 5.41) is 8.24. The minimum atomic E-state index is -0.529. The highest BCUT2D eigenvalue weighted by Gasteiger charge is 2.41. The van der Waals surface area contributed by atoms with E-state index in [0.29, 0.717) is 0 Å². The van der Waals surface area contributed by atoms with Crippen LogP contribution in [0.25, 0.3) is 28.0 Å². The normalized spacial score (nSPS) is 14.8. The van der Waals surface area contributed by atoms with Crippen LogP contribution >= 0.6 is 0 Å². The number of hydrogen-bond donors (Lipinski definition) is 1. The Morgan fingerprint density at radius 3 is 2.27 bits per heavy atom. The van der Waals surface area contributed by atoms with E-state index in [2.05, 4.69) is 73.8 Å². The third-order valence-corrected chi connectivity index (χ3v) is 7.16. The largest absolute Gasteiger partial charge is 0.444 e. The smallest absolute Gasteiger partial charge is 0.408 e. The van der Waals surface area contributed by atoms with Crippen molar-refractivity contribution in [3.05, 3.63) is 77.6 Å². The fraction of sp³-hybridized carbons (Fsp3) is 0.387. The molecule has 1 N–H and O–H groups in total. The Morgan fingerprint density at radius 2 is 1.70 bits per heavy atom. The Bertz CT molecular complexity index is 1410. The van der Waals surface area contributed by atoms with E-state index in [-0.39, 0.29) is 11.6 Å². The lowest BCUT2D eigenvalue weighted by molar-refractivity contribution is 0.0377. The number of aryl methyl sites for hydroxylation is 2. The van der Waals surface area contributed by atoms with Crippen molar-refractivity contribution < 1.29 is 9.53 Å². The van der Waals surface area contributed by atoms with Crippen LogP contribution < -0.4 is 5.32 Å². The Kier molecular flexibility index (Phi) is 6.52. The minimum Gasteiger partial charge on any atom is -0.444 e. The number of fused-ring (bicyclic) bond motifs is 1. The molecule has 6 nitrogen and oxygen atoms in total. The van der Waals surface area contributed by atoms with Crippen LogP contribution in [-0.4, -0.2) is 26.3 Å². The van der Waals surface area contributed by atoms with Crippen molar-refractivity contribution in [1.82, 2.24) is 19.9 Å². The van der Waals surface area contributed by atoms with Crippen LogP contribution in [-0.2, 0) is 23.1 Å². The van der Waals surface area contributed by atoms with Crippen molar-refractivity contribution in [2.24, 2.45) is 0 Å². The summed E-state index contributed by atoms with van der Waals surface area (Å²) in [6.07, 6.45) is 4.26. The predicted molar refractivity (Wildman–Crippen MR) is 148 cm³/mol. The summed E-state index contributed by atoms with van der Waals surface area (Å²) < 4.78 is 7.56. The van der Waals surface area contributed by atoms with E-state index < -0.39 is 5.60 Å². The molecule has 0 radical (unpaired) electrons. The number of nitrogens with zero attached hydrogens (tertiary/aromatic N) is 3. The van der Waals surface area contributed by atoms with Crippen molar-refractivity contribution >= 4 is 11.7 Å². The van der Waals surface area contributed by atoms with E-state index in [9.17, 15) is 4.79 Å². The van der Waals surface area contributed by atoms with E-state index >= 15 is 0 Å². The summed E-state index contributed by atoms with van der Waals surface area (Å²) in [6, 6.07) is 21.0. The summed E-state index contributed by atoms with van der Waals surface area (Å²) in [7, 11) is 0. The van der Waals surface area contributed by atoms with E-state index in [1.54, 1.807) is 0 Å². The van der Waals surface area contributed by atoms with Gasteiger partial charge in [0.05, 0.1) is 11.1 Å². The highest BCUT2D eigenvalue weighted by Crippen LogP contribution is 2.43. The van der Waals surface area contributed by atoms with Crippen LogP contribution in [0.15, 0.2) is 60.7 Å². The monoisotopic (exact) mass is 496 g/mol. The fourth-order valence-electron chi connectivity index (χ4n) is 5.10. The number of rotatable bonds is 6. The molecule has 0 aliphatic heterocycles. The first-order valence-corrected chi connectivity index (χ1v) is 13.3. The van der Waals surface area contributed by atoms with Gasteiger partial charge in [-0.25, -0.2) is 14.3 Å². The number of carbonyl (C=O) groups is 1. The lowest BCUT2D eigenvalue weighted by atomic mass is 9.71. The van der Waals surface area contributed by atoms with Gasteiger partial charge in [0.1, 0.15) is 11.3 Å². The summed E-state index contributed by atoms with van der Waals surface area (Å²) in [4.78, 5) is 17.6. The maximum absolute atomic E-state index is 12.6. The molecule has 2 heterocycles. The predicted octanol–water partition coefficient (Wildman–Crippen LogP) is 7.09. The quantitative estimate of drug-likeness (QED) is 0.309. The first-order valence-electron chi connectivity index (χ1n) is 13.3. The maximum Gasteiger partial charge on any atom is 0.408 e. The van der Waals surface area contributed by atoms with Gasteiger partial charge in [-0.2, -0.15) is 5.10 Å². The van der Waals surface area contributed by atoms with Crippen molar-refractivity contribution in [3.8, 4) is 22.4 Å². The number of hydrogen-bond acceptors (Lipinski definition) is 4. The third-order valence-electron chi connectivity index (χ3n) is 7.16. The van der Waals surface area contributed by atoms with Crippen LogP contribution in [0, 0.1) is 0 Å². The van der Waals surface area contributed by atoms with Gasteiger partial charge in [-0.05, 0) is 70.1 Å². The maximum atomic E-state index is 12.6. The topological polar surface area (TPSA) is 68.5 Å². The zero-order valence-electron chi connectivity index (χ0n) is 22.5. The SMILES string of the molecule is CCc1cc(CC)n2nc(-c3ccc(C4(NC(=O)OC(C)(C)C)CCC4)cc3)c(-c3ccccc3)c2n1. The number of aromatic nitrogens is 3.